The highest BCUT2D eigenvalue weighted by Gasteiger charge is 2.31. The largest absolute Gasteiger partial charge is 0.313 e. The first-order valence-electron chi connectivity index (χ1n) is 5.89. The highest BCUT2D eigenvalue weighted by molar-refractivity contribution is 4.90. The van der Waals surface area contributed by atoms with Crippen LogP contribution in [-0.2, 0) is 0 Å². The third kappa shape index (κ3) is 2.05. The zero-order valence-corrected chi connectivity index (χ0v) is 8.76. The van der Waals surface area contributed by atoms with Crippen molar-refractivity contribution in [3.8, 4) is 0 Å². The van der Waals surface area contributed by atoms with Gasteiger partial charge in [0.2, 0.25) is 0 Å². The Bertz CT molecular complexity index is 152. The molecule has 76 valence electrons. The van der Waals surface area contributed by atoms with Crippen LogP contribution < -0.4 is 5.32 Å². The molecule has 1 aliphatic heterocycles. The Kier molecular flexibility index (Phi) is 3.23. The molecule has 0 amide bonds. The zero-order valence-electron chi connectivity index (χ0n) is 8.76. The highest BCUT2D eigenvalue weighted by atomic mass is 15.2. The molecule has 1 saturated carbocycles. The summed E-state index contributed by atoms with van der Waals surface area (Å²) in [4.78, 5) is 2.67. The number of hydrogen-bond donors (Lipinski definition) is 1. The van der Waals surface area contributed by atoms with Crippen LogP contribution in [0.3, 0.4) is 0 Å². The molecule has 1 aliphatic carbocycles. The SMILES string of the molecule is CCN[C@H]1CCCC[C@@H]1N1CCC1. The lowest BCUT2D eigenvalue weighted by atomic mass is 9.87. The Morgan fingerprint density at radius 2 is 1.92 bits per heavy atom. The van der Waals surface area contributed by atoms with E-state index in [0.29, 0.717) is 0 Å². The van der Waals surface area contributed by atoms with Gasteiger partial charge in [0.25, 0.3) is 0 Å². The van der Waals surface area contributed by atoms with E-state index in [4.69, 9.17) is 0 Å². The summed E-state index contributed by atoms with van der Waals surface area (Å²) in [6.07, 6.45) is 7.13. The number of nitrogens with one attached hydrogen (secondary N) is 1. The second-order valence-electron chi connectivity index (χ2n) is 4.41. The predicted octanol–water partition coefficient (Wildman–Crippen LogP) is 1.61. The van der Waals surface area contributed by atoms with Crippen LogP contribution in [0, 0.1) is 0 Å². The van der Waals surface area contributed by atoms with Gasteiger partial charge < -0.3 is 5.32 Å². The average molecular weight is 182 g/mol. The van der Waals surface area contributed by atoms with Gasteiger partial charge >= 0.3 is 0 Å². The molecule has 1 heterocycles. The van der Waals surface area contributed by atoms with Crippen molar-refractivity contribution in [2.75, 3.05) is 19.6 Å². The highest BCUT2D eigenvalue weighted by Crippen LogP contribution is 2.26. The van der Waals surface area contributed by atoms with Gasteiger partial charge in [-0.3, -0.25) is 4.90 Å². The summed E-state index contributed by atoms with van der Waals surface area (Å²) in [6, 6.07) is 1.65. The summed E-state index contributed by atoms with van der Waals surface area (Å²) >= 11 is 0. The molecule has 0 bridgehead atoms. The van der Waals surface area contributed by atoms with Gasteiger partial charge in [-0.1, -0.05) is 19.8 Å². The molecule has 1 N–H and O–H groups in total. The van der Waals surface area contributed by atoms with E-state index in [1.807, 2.05) is 0 Å². The number of rotatable bonds is 3. The molecule has 2 heteroatoms. The lowest BCUT2D eigenvalue weighted by molar-refractivity contribution is 0.0673. The minimum absolute atomic E-state index is 0.791. The number of likely N-dealkylation sites (tertiary alicyclic amines) is 1. The summed E-state index contributed by atoms with van der Waals surface area (Å²) in [5, 5.41) is 3.64. The second-order valence-corrected chi connectivity index (χ2v) is 4.41. The molecule has 2 atom stereocenters. The summed E-state index contributed by atoms with van der Waals surface area (Å²) in [5.41, 5.74) is 0. The Morgan fingerprint density at radius 3 is 2.54 bits per heavy atom. The van der Waals surface area contributed by atoms with Crippen molar-refractivity contribution in [1.82, 2.24) is 10.2 Å². The van der Waals surface area contributed by atoms with Crippen molar-refractivity contribution < 1.29 is 0 Å². The van der Waals surface area contributed by atoms with E-state index in [9.17, 15) is 0 Å². The fourth-order valence-electron chi connectivity index (χ4n) is 2.72. The Hall–Kier alpha value is -0.0800. The predicted molar refractivity (Wildman–Crippen MR) is 55.9 cm³/mol. The average Bonchev–Trinajstić information content (AvgIpc) is 2.05. The van der Waals surface area contributed by atoms with Gasteiger partial charge in [0, 0.05) is 12.1 Å². The third-order valence-corrected chi connectivity index (χ3v) is 3.56. The van der Waals surface area contributed by atoms with E-state index in [-0.39, 0.29) is 0 Å². The van der Waals surface area contributed by atoms with Crippen molar-refractivity contribution in [3.63, 3.8) is 0 Å². The molecule has 0 aromatic heterocycles. The lowest BCUT2D eigenvalue weighted by Crippen LogP contribution is -2.56. The number of hydrogen-bond acceptors (Lipinski definition) is 2. The maximum absolute atomic E-state index is 3.64. The molecule has 0 aromatic carbocycles. The topological polar surface area (TPSA) is 15.3 Å². The molecule has 0 radical (unpaired) electrons. The van der Waals surface area contributed by atoms with Crippen LogP contribution in [0.15, 0.2) is 0 Å². The second kappa shape index (κ2) is 4.43. The number of likely N-dealkylation sites (N-methyl/N-ethyl adjacent to an activating group) is 1. The van der Waals surface area contributed by atoms with Crippen molar-refractivity contribution >= 4 is 0 Å². The summed E-state index contributed by atoms with van der Waals surface area (Å²) in [7, 11) is 0. The summed E-state index contributed by atoms with van der Waals surface area (Å²) < 4.78 is 0. The lowest BCUT2D eigenvalue weighted by Gasteiger charge is -2.45. The standard InChI is InChI=1S/C11H22N2/c1-2-12-10-6-3-4-7-11(10)13-8-5-9-13/h10-12H,2-9H2,1H3/t10-,11-/m0/s1. The van der Waals surface area contributed by atoms with Gasteiger partial charge in [-0.05, 0) is 38.9 Å². The molecule has 13 heavy (non-hydrogen) atoms. The molecular weight excluding hydrogens is 160 g/mol. The van der Waals surface area contributed by atoms with Crippen molar-refractivity contribution in [1.29, 1.82) is 0 Å². The van der Waals surface area contributed by atoms with Crippen LogP contribution in [-0.4, -0.2) is 36.6 Å². The molecule has 2 fully saturated rings. The van der Waals surface area contributed by atoms with Gasteiger partial charge in [0.15, 0.2) is 0 Å². The monoisotopic (exact) mass is 182 g/mol. The third-order valence-electron chi connectivity index (χ3n) is 3.56. The van der Waals surface area contributed by atoms with Crippen LogP contribution >= 0.6 is 0 Å². The van der Waals surface area contributed by atoms with Crippen LogP contribution in [0.5, 0.6) is 0 Å². The summed E-state index contributed by atoms with van der Waals surface area (Å²) in [5.74, 6) is 0. The van der Waals surface area contributed by atoms with E-state index in [0.717, 1.165) is 18.6 Å². The van der Waals surface area contributed by atoms with Gasteiger partial charge in [-0.15, -0.1) is 0 Å². The minimum atomic E-state index is 0.791. The summed E-state index contributed by atoms with van der Waals surface area (Å²) in [6.45, 7) is 6.07. The van der Waals surface area contributed by atoms with Crippen LogP contribution in [0.25, 0.3) is 0 Å². The van der Waals surface area contributed by atoms with Gasteiger partial charge in [0.1, 0.15) is 0 Å². The van der Waals surface area contributed by atoms with Crippen LogP contribution in [0.4, 0.5) is 0 Å². The van der Waals surface area contributed by atoms with E-state index >= 15 is 0 Å². The van der Waals surface area contributed by atoms with Crippen molar-refractivity contribution in [2.45, 2.75) is 51.1 Å². The first-order chi connectivity index (χ1) is 6.42. The Labute approximate surface area is 81.7 Å². The van der Waals surface area contributed by atoms with Crippen LogP contribution in [0.1, 0.15) is 39.0 Å². The molecule has 1 saturated heterocycles. The van der Waals surface area contributed by atoms with Gasteiger partial charge in [-0.2, -0.15) is 0 Å². The molecule has 0 spiro atoms. The molecule has 2 rings (SSSR count). The normalized spacial score (nSPS) is 35.8. The van der Waals surface area contributed by atoms with Crippen molar-refractivity contribution in [2.24, 2.45) is 0 Å². The number of nitrogens with zero attached hydrogens (tertiary/aromatic N) is 1. The first kappa shape index (κ1) is 9.47. The molecule has 0 unspecified atom stereocenters. The van der Waals surface area contributed by atoms with E-state index < -0.39 is 0 Å². The van der Waals surface area contributed by atoms with Gasteiger partial charge in [-0.25, -0.2) is 0 Å². The Balaban J connectivity index is 1.87. The maximum atomic E-state index is 3.64. The smallest absolute Gasteiger partial charge is 0.0249 e. The first-order valence-corrected chi connectivity index (χ1v) is 5.89. The van der Waals surface area contributed by atoms with Gasteiger partial charge in [0.05, 0.1) is 0 Å². The van der Waals surface area contributed by atoms with Crippen molar-refractivity contribution in [3.05, 3.63) is 0 Å². The molecule has 2 nitrogen and oxygen atoms in total. The van der Waals surface area contributed by atoms with Crippen LogP contribution in [0.2, 0.25) is 0 Å². The molecular formula is C11H22N2. The maximum Gasteiger partial charge on any atom is 0.0249 e. The van der Waals surface area contributed by atoms with E-state index in [2.05, 4.69) is 17.1 Å². The van der Waals surface area contributed by atoms with E-state index in [1.165, 1.54) is 45.2 Å². The zero-order chi connectivity index (χ0) is 9.10. The molecule has 2 aliphatic rings. The Morgan fingerprint density at radius 1 is 1.15 bits per heavy atom. The molecule has 0 aromatic rings. The minimum Gasteiger partial charge on any atom is -0.313 e. The quantitative estimate of drug-likeness (QED) is 0.713. The fourth-order valence-corrected chi connectivity index (χ4v) is 2.72. The van der Waals surface area contributed by atoms with E-state index in [1.54, 1.807) is 0 Å². The fraction of sp³-hybridized carbons (Fsp3) is 1.00.